The minimum absolute atomic E-state index is 0.0206. The lowest BCUT2D eigenvalue weighted by Gasteiger charge is -2.12. The molecule has 2 heterocycles. The predicted molar refractivity (Wildman–Crippen MR) is 175 cm³/mol. The Hall–Kier alpha value is -6.03. The molecular formula is C39H28O9. The fourth-order valence-corrected chi connectivity index (χ4v) is 5.40. The number of hydrogen-bond donors (Lipinski definition) is 0. The number of carbonyl (C=O) groups is 3. The summed E-state index contributed by atoms with van der Waals surface area (Å²) in [6.07, 6.45) is 0. The molecular weight excluding hydrogens is 612 g/mol. The van der Waals surface area contributed by atoms with E-state index in [4.69, 9.17) is 23.7 Å². The number of esters is 3. The van der Waals surface area contributed by atoms with Crippen LogP contribution in [0.15, 0.2) is 116 Å². The molecule has 0 N–H and O–H groups in total. The van der Waals surface area contributed by atoms with Crippen molar-refractivity contribution in [3.05, 3.63) is 149 Å². The summed E-state index contributed by atoms with van der Waals surface area (Å²) in [4.78, 5) is 35.6. The second-order valence-electron chi connectivity index (χ2n) is 11.1. The van der Waals surface area contributed by atoms with Gasteiger partial charge in [0.2, 0.25) is 0 Å². The van der Waals surface area contributed by atoms with Gasteiger partial charge in [-0.1, -0.05) is 73.3 Å². The van der Waals surface area contributed by atoms with Crippen molar-refractivity contribution in [1.29, 1.82) is 0 Å². The number of cyclic esters (lactones) is 3. The average Bonchev–Trinajstić information content (AvgIpc) is 3.27. The average molecular weight is 641 g/mol. The zero-order valence-corrected chi connectivity index (χ0v) is 25.6. The zero-order valence-electron chi connectivity index (χ0n) is 25.6. The summed E-state index contributed by atoms with van der Waals surface area (Å²) in [6, 6.07) is 34.0. The van der Waals surface area contributed by atoms with E-state index in [0.29, 0.717) is 35.0 Å². The molecule has 0 fully saturated rings. The molecule has 0 saturated heterocycles. The molecule has 2 aliphatic rings. The third-order valence-electron chi connectivity index (χ3n) is 7.97. The van der Waals surface area contributed by atoms with Gasteiger partial charge in [-0.2, -0.15) is 0 Å². The molecule has 0 unspecified atom stereocenters. The largest absolute Gasteiger partial charge is 0.468 e. The Labute approximate surface area is 275 Å². The molecule has 9 nitrogen and oxygen atoms in total. The van der Waals surface area contributed by atoms with E-state index in [9.17, 15) is 14.4 Å². The third-order valence-corrected chi connectivity index (χ3v) is 7.97. The van der Waals surface area contributed by atoms with Gasteiger partial charge in [0.05, 0.1) is 29.9 Å². The van der Waals surface area contributed by atoms with E-state index < -0.39 is 17.9 Å². The minimum Gasteiger partial charge on any atom is -0.468 e. The molecule has 0 aromatic heterocycles. The third kappa shape index (κ3) is 6.59. The number of ether oxygens (including phenoxy) is 6. The van der Waals surface area contributed by atoms with Gasteiger partial charge in [0.25, 0.3) is 0 Å². The summed E-state index contributed by atoms with van der Waals surface area (Å²) in [5, 5.41) is 0. The van der Waals surface area contributed by atoms with Gasteiger partial charge in [0, 0.05) is 5.56 Å². The van der Waals surface area contributed by atoms with Crippen LogP contribution in [0.2, 0.25) is 0 Å². The van der Waals surface area contributed by atoms with Crippen molar-refractivity contribution in [1.82, 2.24) is 0 Å². The first kappa shape index (κ1) is 30.6. The van der Waals surface area contributed by atoms with E-state index in [1.807, 2.05) is 60.7 Å². The predicted octanol–water partition coefficient (Wildman–Crippen LogP) is 7.58. The van der Waals surface area contributed by atoms with Gasteiger partial charge in [-0.25, -0.2) is 14.4 Å². The molecule has 0 atom stereocenters. The van der Waals surface area contributed by atoms with Crippen LogP contribution in [-0.2, 0) is 32.2 Å². The second kappa shape index (κ2) is 13.4. The summed E-state index contributed by atoms with van der Waals surface area (Å²) in [6.45, 7) is 4.52. The lowest BCUT2D eigenvalue weighted by molar-refractivity contribution is -0.0314. The first-order chi connectivity index (χ1) is 23.4. The van der Waals surface area contributed by atoms with Crippen LogP contribution in [0.25, 0.3) is 28.0 Å². The molecule has 0 radical (unpaired) electrons. The van der Waals surface area contributed by atoms with Crippen molar-refractivity contribution < 1.29 is 42.8 Å². The standard InChI is InChI=1S/C39H28O9/c1-24(30-7-8-31-21-44-23-46-37(40)35(31)19-30)47-33-15-11-29(12-16-33)27-5-3-26(4-6-27)28-9-13-32(14-10-28)45-22-43-20-25-2-17-34-36(18-25)39(42)48-38(34)41/h2-19H,1,20-23H2. The fraction of sp³-hybridized carbons (Fsp3) is 0.103. The molecule has 5 aromatic carbocycles. The number of fused-ring (bicyclic) bond motifs is 2. The Bertz CT molecular complexity index is 2030. The van der Waals surface area contributed by atoms with Gasteiger partial charge in [-0.05, 0) is 75.8 Å². The normalized spacial score (nSPS) is 13.5. The number of rotatable bonds is 10. The van der Waals surface area contributed by atoms with E-state index in [0.717, 1.165) is 33.4 Å². The van der Waals surface area contributed by atoms with Crippen LogP contribution >= 0.6 is 0 Å². The second-order valence-corrected chi connectivity index (χ2v) is 11.1. The highest BCUT2D eigenvalue weighted by Crippen LogP contribution is 2.29. The van der Waals surface area contributed by atoms with E-state index in [1.165, 1.54) is 0 Å². The summed E-state index contributed by atoms with van der Waals surface area (Å²) >= 11 is 0. The maximum Gasteiger partial charge on any atom is 0.346 e. The number of hydrogen-bond acceptors (Lipinski definition) is 9. The fourth-order valence-electron chi connectivity index (χ4n) is 5.40. The molecule has 0 aliphatic carbocycles. The number of benzene rings is 5. The van der Waals surface area contributed by atoms with Crippen LogP contribution in [0.3, 0.4) is 0 Å². The molecule has 0 spiro atoms. The van der Waals surface area contributed by atoms with E-state index in [-0.39, 0.29) is 31.3 Å². The summed E-state index contributed by atoms with van der Waals surface area (Å²) in [7, 11) is 0. The van der Waals surface area contributed by atoms with Gasteiger partial charge >= 0.3 is 17.9 Å². The number of carbonyl (C=O) groups excluding carboxylic acids is 3. The van der Waals surface area contributed by atoms with E-state index >= 15 is 0 Å². The van der Waals surface area contributed by atoms with Crippen LogP contribution in [0.4, 0.5) is 0 Å². The zero-order chi connectivity index (χ0) is 33.0. The molecule has 2 aliphatic heterocycles. The summed E-state index contributed by atoms with van der Waals surface area (Å²) < 4.78 is 32.3. The molecule has 48 heavy (non-hydrogen) atoms. The van der Waals surface area contributed by atoms with Gasteiger partial charge in [0.15, 0.2) is 13.6 Å². The first-order valence-electron chi connectivity index (χ1n) is 15.1. The van der Waals surface area contributed by atoms with Gasteiger partial charge in [-0.15, -0.1) is 0 Å². The summed E-state index contributed by atoms with van der Waals surface area (Å²) in [5.74, 6) is 0.00113. The highest BCUT2D eigenvalue weighted by Gasteiger charge is 2.29. The van der Waals surface area contributed by atoms with Crippen molar-refractivity contribution >= 4 is 23.7 Å². The van der Waals surface area contributed by atoms with Crippen LogP contribution in [0.1, 0.15) is 47.8 Å². The molecule has 9 heteroatoms. The Morgan fingerprint density at radius 3 is 1.96 bits per heavy atom. The SMILES string of the molecule is C=C(Oc1ccc(-c2ccc(-c3ccc(OCOCc4ccc5c(c4)C(=O)OC5=O)cc3)cc2)cc1)c1ccc2c(c1)C(=O)OCOC2. The van der Waals surface area contributed by atoms with Crippen molar-refractivity contribution in [2.24, 2.45) is 0 Å². The highest BCUT2D eigenvalue weighted by molar-refractivity contribution is 6.14. The van der Waals surface area contributed by atoms with Crippen LogP contribution in [0.5, 0.6) is 11.5 Å². The quantitative estimate of drug-likeness (QED) is 0.0502. The maximum atomic E-state index is 12.2. The Morgan fingerprint density at radius 2 is 1.27 bits per heavy atom. The minimum atomic E-state index is -0.642. The lowest BCUT2D eigenvalue weighted by Crippen LogP contribution is -2.06. The lowest BCUT2D eigenvalue weighted by atomic mass is 10.0. The maximum absolute atomic E-state index is 12.2. The van der Waals surface area contributed by atoms with Gasteiger partial charge in [-0.3, -0.25) is 0 Å². The molecule has 0 amide bonds. The van der Waals surface area contributed by atoms with E-state index in [1.54, 1.807) is 24.3 Å². The smallest absolute Gasteiger partial charge is 0.346 e. The Kier molecular flexibility index (Phi) is 8.53. The van der Waals surface area contributed by atoms with E-state index in [2.05, 4.69) is 35.6 Å². The summed E-state index contributed by atoms with van der Waals surface area (Å²) in [5.41, 5.74) is 7.33. The van der Waals surface area contributed by atoms with Crippen LogP contribution in [-0.4, -0.2) is 31.5 Å². The molecule has 0 bridgehead atoms. The van der Waals surface area contributed by atoms with Gasteiger partial charge in [0.1, 0.15) is 17.3 Å². The van der Waals surface area contributed by atoms with Crippen molar-refractivity contribution in [3.8, 4) is 33.8 Å². The van der Waals surface area contributed by atoms with Crippen molar-refractivity contribution in [2.45, 2.75) is 13.2 Å². The van der Waals surface area contributed by atoms with Crippen LogP contribution in [0, 0.1) is 0 Å². The molecule has 5 aromatic rings. The topological polar surface area (TPSA) is 107 Å². The molecule has 0 saturated carbocycles. The Balaban J connectivity index is 0.912. The van der Waals surface area contributed by atoms with Crippen molar-refractivity contribution in [3.63, 3.8) is 0 Å². The first-order valence-corrected chi connectivity index (χ1v) is 15.1. The van der Waals surface area contributed by atoms with Gasteiger partial charge < -0.3 is 28.4 Å². The molecule has 7 rings (SSSR count). The monoisotopic (exact) mass is 640 g/mol. The molecule has 238 valence electrons. The van der Waals surface area contributed by atoms with Crippen molar-refractivity contribution in [2.75, 3.05) is 13.6 Å². The Morgan fingerprint density at radius 1 is 0.646 bits per heavy atom. The van der Waals surface area contributed by atoms with Crippen LogP contribution < -0.4 is 9.47 Å². The highest BCUT2D eigenvalue weighted by atomic mass is 16.7.